The lowest BCUT2D eigenvalue weighted by Crippen LogP contribution is -2.32. The topological polar surface area (TPSA) is 55.1 Å². The molecule has 100 valence electrons. The van der Waals surface area contributed by atoms with E-state index in [-0.39, 0.29) is 11.9 Å². The summed E-state index contributed by atoms with van der Waals surface area (Å²) in [4.78, 5) is 12.0. The summed E-state index contributed by atoms with van der Waals surface area (Å²) < 4.78 is 0. The first-order valence-corrected chi connectivity index (χ1v) is 6.77. The Bertz CT molecular complexity index is 359. The predicted molar refractivity (Wildman–Crippen MR) is 75.7 cm³/mol. The van der Waals surface area contributed by atoms with Crippen molar-refractivity contribution in [2.75, 3.05) is 6.54 Å². The zero-order chi connectivity index (χ0) is 13.4. The SMILES string of the molecule is CCCCC(C)NC(=O)c1ccc(CCN)cc1. The minimum Gasteiger partial charge on any atom is -0.350 e. The van der Waals surface area contributed by atoms with Gasteiger partial charge in [0.1, 0.15) is 0 Å². The Kier molecular flexibility index (Phi) is 6.44. The number of benzene rings is 1. The Morgan fingerprint density at radius 3 is 2.56 bits per heavy atom. The van der Waals surface area contributed by atoms with Gasteiger partial charge in [0.05, 0.1) is 0 Å². The van der Waals surface area contributed by atoms with E-state index in [1.165, 1.54) is 5.56 Å². The van der Waals surface area contributed by atoms with E-state index in [1.54, 1.807) is 0 Å². The van der Waals surface area contributed by atoms with Crippen LogP contribution in [0.2, 0.25) is 0 Å². The quantitative estimate of drug-likeness (QED) is 0.779. The summed E-state index contributed by atoms with van der Waals surface area (Å²) in [5.74, 6) is 0.0119. The molecule has 0 spiro atoms. The molecular formula is C15H24N2O. The maximum atomic E-state index is 12.0. The molecule has 3 heteroatoms. The standard InChI is InChI=1S/C15H24N2O/c1-3-4-5-12(2)17-15(18)14-8-6-13(7-9-14)10-11-16/h6-9,12H,3-5,10-11,16H2,1-2H3,(H,17,18). The molecule has 1 amide bonds. The Hall–Kier alpha value is -1.35. The number of nitrogens with one attached hydrogen (secondary N) is 1. The molecule has 0 fully saturated rings. The van der Waals surface area contributed by atoms with Gasteiger partial charge in [-0.1, -0.05) is 31.9 Å². The van der Waals surface area contributed by atoms with Crippen molar-refractivity contribution in [2.24, 2.45) is 5.73 Å². The average molecular weight is 248 g/mol. The van der Waals surface area contributed by atoms with Crippen molar-refractivity contribution in [2.45, 2.75) is 45.6 Å². The van der Waals surface area contributed by atoms with Gasteiger partial charge in [-0.2, -0.15) is 0 Å². The van der Waals surface area contributed by atoms with Crippen LogP contribution in [0.25, 0.3) is 0 Å². The highest BCUT2D eigenvalue weighted by atomic mass is 16.1. The number of carbonyl (C=O) groups is 1. The van der Waals surface area contributed by atoms with Gasteiger partial charge in [0.25, 0.3) is 5.91 Å². The van der Waals surface area contributed by atoms with Crippen LogP contribution in [-0.2, 0) is 6.42 Å². The minimum atomic E-state index is 0.0119. The molecule has 3 N–H and O–H groups in total. The van der Waals surface area contributed by atoms with Crippen LogP contribution in [0.5, 0.6) is 0 Å². The number of hydrogen-bond donors (Lipinski definition) is 2. The first kappa shape index (κ1) is 14.7. The number of carbonyl (C=O) groups excluding carboxylic acids is 1. The summed E-state index contributed by atoms with van der Waals surface area (Å²) in [5, 5.41) is 3.02. The molecule has 0 saturated heterocycles. The van der Waals surface area contributed by atoms with Crippen LogP contribution in [0.1, 0.15) is 49.0 Å². The third-order valence-electron chi connectivity index (χ3n) is 3.02. The van der Waals surface area contributed by atoms with Crippen molar-refractivity contribution < 1.29 is 4.79 Å². The molecule has 0 aliphatic rings. The van der Waals surface area contributed by atoms with Gasteiger partial charge in [-0.3, -0.25) is 4.79 Å². The van der Waals surface area contributed by atoms with E-state index in [1.807, 2.05) is 24.3 Å². The lowest BCUT2D eigenvalue weighted by molar-refractivity contribution is 0.0938. The van der Waals surface area contributed by atoms with E-state index in [4.69, 9.17) is 5.73 Å². The molecule has 3 nitrogen and oxygen atoms in total. The van der Waals surface area contributed by atoms with Crippen molar-refractivity contribution in [1.29, 1.82) is 0 Å². The third-order valence-corrected chi connectivity index (χ3v) is 3.02. The predicted octanol–water partition coefficient (Wildman–Crippen LogP) is 2.50. The van der Waals surface area contributed by atoms with E-state index < -0.39 is 0 Å². The van der Waals surface area contributed by atoms with Crippen LogP contribution in [0.15, 0.2) is 24.3 Å². The maximum Gasteiger partial charge on any atom is 0.251 e. The molecule has 0 aliphatic heterocycles. The number of unbranched alkanes of at least 4 members (excludes halogenated alkanes) is 1. The summed E-state index contributed by atoms with van der Waals surface area (Å²) in [5.41, 5.74) is 7.39. The Labute approximate surface area is 110 Å². The molecule has 1 atom stereocenters. The molecular weight excluding hydrogens is 224 g/mol. The lowest BCUT2D eigenvalue weighted by atomic mass is 10.1. The first-order valence-electron chi connectivity index (χ1n) is 6.77. The molecule has 0 heterocycles. The third kappa shape index (κ3) is 4.88. The van der Waals surface area contributed by atoms with Gasteiger partial charge in [-0.05, 0) is 44.0 Å². The lowest BCUT2D eigenvalue weighted by Gasteiger charge is -2.13. The van der Waals surface area contributed by atoms with Crippen molar-refractivity contribution in [3.8, 4) is 0 Å². The van der Waals surface area contributed by atoms with Gasteiger partial charge in [0.15, 0.2) is 0 Å². The molecule has 0 saturated carbocycles. The largest absolute Gasteiger partial charge is 0.350 e. The van der Waals surface area contributed by atoms with Gasteiger partial charge in [0, 0.05) is 11.6 Å². The van der Waals surface area contributed by atoms with Crippen LogP contribution >= 0.6 is 0 Å². The van der Waals surface area contributed by atoms with Crippen LogP contribution in [-0.4, -0.2) is 18.5 Å². The van der Waals surface area contributed by atoms with Crippen LogP contribution in [0.3, 0.4) is 0 Å². The molecule has 18 heavy (non-hydrogen) atoms. The highest BCUT2D eigenvalue weighted by molar-refractivity contribution is 5.94. The van der Waals surface area contributed by atoms with Crippen LogP contribution in [0.4, 0.5) is 0 Å². The monoisotopic (exact) mass is 248 g/mol. The Morgan fingerprint density at radius 2 is 2.00 bits per heavy atom. The first-order chi connectivity index (χ1) is 8.67. The highest BCUT2D eigenvalue weighted by Gasteiger charge is 2.08. The van der Waals surface area contributed by atoms with E-state index in [2.05, 4.69) is 19.2 Å². The van der Waals surface area contributed by atoms with E-state index in [9.17, 15) is 4.79 Å². The fourth-order valence-electron chi connectivity index (χ4n) is 1.88. The normalized spacial score (nSPS) is 12.2. The van der Waals surface area contributed by atoms with Crippen LogP contribution < -0.4 is 11.1 Å². The molecule has 1 rings (SSSR count). The zero-order valence-electron chi connectivity index (χ0n) is 11.4. The van der Waals surface area contributed by atoms with Gasteiger partial charge < -0.3 is 11.1 Å². The van der Waals surface area contributed by atoms with Crippen LogP contribution in [0, 0.1) is 0 Å². The van der Waals surface area contributed by atoms with Gasteiger partial charge in [0.2, 0.25) is 0 Å². The van der Waals surface area contributed by atoms with Crippen molar-refractivity contribution >= 4 is 5.91 Å². The van der Waals surface area contributed by atoms with Crippen molar-refractivity contribution in [1.82, 2.24) is 5.32 Å². The summed E-state index contributed by atoms with van der Waals surface area (Å²) >= 11 is 0. The fraction of sp³-hybridized carbons (Fsp3) is 0.533. The van der Waals surface area contributed by atoms with E-state index >= 15 is 0 Å². The zero-order valence-corrected chi connectivity index (χ0v) is 11.4. The molecule has 1 aromatic rings. The molecule has 0 aliphatic carbocycles. The summed E-state index contributed by atoms with van der Waals surface area (Å²) in [7, 11) is 0. The van der Waals surface area contributed by atoms with Gasteiger partial charge in [-0.15, -0.1) is 0 Å². The number of rotatable bonds is 7. The van der Waals surface area contributed by atoms with Gasteiger partial charge in [-0.25, -0.2) is 0 Å². The summed E-state index contributed by atoms with van der Waals surface area (Å²) in [6.45, 7) is 4.85. The number of amides is 1. The summed E-state index contributed by atoms with van der Waals surface area (Å²) in [6, 6.07) is 7.91. The molecule has 0 aromatic heterocycles. The molecule has 1 aromatic carbocycles. The Morgan fingerprint density at radius 1 is 1.33 bits per heavy atom. The van der Waals surface area contributed by atoms with Crippen molar-refractivity contribution in [3.63, 3.8) is 0 Å². The molecule has 0 radical (unpaired) electrons. The summed E-state index contributed by atoms with van der Waals surface area (Å²) in [6.07, 6.45) is 4.20. The molecule has 0 bridgehead atoms. The second kappa shape index (κ2) is 7.88. The molecule has 1 unspecified atom stereocenters. The smallest absolute Gasteiger partial charge is 0.251 e. The Balaban J connectivity index is 2.50. The second-order valence-electron chi connectivity index (χ2n) is 4.75. The van der Waals surface area contributed by atoms with E-state index in [0.29, 0.717) is 6.54 Å². The highest BCUT2D eigenvalue weighted by Crippen LogP contribution is 2.06. The van der Waals surface area contributed by atoms with E-state index in [0.717, 1.165) is 31.2 Å². The fourth-order valence-corrected chi connectivity index (χ4v) is 1.88. The number of hydrogen-bond acceptors (Lipinski definition) is 2. The minimum absolute atomic E-state index is 0.0119. The number of nitrogens with two attached hydrogens (primary N) is 1. The second-order valence-corrected chi connectivity index (χ2v) is 4.75. The van der Waals surface area contributed by atoms with Crippen molar-refractivity contribution in [3.05, 3.63) is 35.4 Å². The average Bonchev–Trinajstić information content (AvgIpc) is 2.37. The maximum absolute atomic E-state index is 12.0. The van der Waals surface area contributed by atoms with Gasteiger partial charge >= 0.3 is 0 Å².